The average molecular weight is 418 g/mol. The van der Waals surface area contributed by atoms with Gasteiger partial charge in [-0.2, -0.15) is 0 Å². The second-order valence-corrected chi connectivity index (χ2v) is 6.71. The van der Waals surface area contributed by atoms with Gasteiger partial charge in [0.05, 0.1) is 39.7 Å². The van der Waals surface area contributed by atoms with Gasteiger partial charge in [-0.05, 0) is 54.1 Å². The molecule has 0 amide bonds. The molecule has 158 valence electrons. The molecule has 0 unspecified atom stereocenters. The number of benzene rings is 2. The number of hydrogen-bond donors (Lipinski definition) is 0. The minimum absolute atomic E-state index is 0.203. The second-order valence-electron chi connectivity index (χ2n) is 6.71. The topological polar surface area (TPSA) is 71.3 Å². The summed E-state index contributed by atoms with van der Waals surface area (Å²) in [6, 6.07) is 16.4. The number of pyridine rings is 1. The van der Waals surface area contributed by atoms with Crippen LogP contribution >= 0.6 is 0 Å². The van der Waals surface area contributed by atoms with Crippen molar-refractivity contribution in [3.8, 4) is 45.4 Å². The Labute approximate surface area is 179 Å². The van der Waals surface area contributed by atoms with Crippen LogP contribution in [0.2, 0.25) is 0 Å². The quantitative estimate of drug-likeness (QED) is 0.470. The Hall–Kier alpha value is -4.00. The van der Waals surface area contributed by atoms with Crippen molar-refractivity contribution in [2.45, 2.75) is 0 Å². The van der Waals surface area contributed by atoms with Crippen LogP contribution in [0.15, 0.2) is 65.6 Å². The van der Waals surface area contributed by atoms with E-state index in [0.29, 0.717) is 39.7 Å². The Morgan fingerprint density at radius 3 is 2.03 bits per heavy atom. The van der Waals surface area contributed by atoms with Gasteiger partial charge in [-0.15, -0.1) is 0 Å². The molecule has 7 heteroatoms. The predicted molar refractivity (Wildman–Crippen MR) is 119 cm³/mol. The Morgan fingerprint density at radius 1 is 0.774 bits per heavy atom. The predicted octanol–water partition coefficient (Wildman–Crippen LogP) is 4.06. The molecule has 0 fully saturated rings. The van der Waals surface area contributed by atoms with Crippen molar-refractivity contribution in [1.82, 2.24) is 9.38 Å². The molecule has 7 nitrogen and oxygen atoms in total. The molecule has 0 radical (unpaired) electrons. The fraction of sp³-hybridized carbons (Fsp3) is 0.167. The van der Waals surface area contributed by atoms with E-state index in [1.165, 1.54) is 25.7 Å². The van der Waals surface area contributed by atoms with Crippen LogP contribution in [0.5, 0.6) is 23.0 Å². The van der Waals surface area contributed by atoms with Crippen LogP contribution in [0.4, 0.5) is 0 Å². The van der Waals surface area contributed by atoms with Crippen LogP contribution in [0.3, 0.4) is 0 Å². The van der Waals surface area contributed by atoms with Crippen molar-refractivity contribution >= 4 is 5.65 Å². The maximum Gasteiger partial charge on any atom is 0.266 e. The normalized spacial score (nSPS) is 10.7. The van der Waals surface area contributed by atoms with Crippen molar-refractivity contribution in [2.75, 3.05) is 28.4 Å². The molecule has 31 heavy (non-hydrogen) atoms. The highest BCUT2D eigenvalue weighted by atomic mass is 16.5. The fourth-order valence-electron chi connectivity index (χ4n) is 3.53. The van der Waals surface area contributed by atoms with E-state index < -0.39 is 0 Å². The largest absolute Gasteiger partial charge is 0.497 e. The zero-order chi connectivity index (χ0) is 22.0. The van der Waals surface area contributed by atoms with Crippen LogP contribution in [0, 0.1) is 0 Å². The molecule has 0 saturated heterocycles. The number of aromatic nitrogens is 2. The summed E-state index contributed by atoms with van der Waals surface area (Å²) >= 11 is 0. The molecule has 2 aromatic heterocycles. The standard InChI is InChI=1S/C24H22N2O5/c1-28-17-10-8-15(9-11-17)22-21(24(27)26-12-6-5-7-20(26)25-22)16-13-18(29-2)23(31-4)19(14-16)30-3/h5-14H,1-4H3. The maximum absolute atomic E-state index is 13.6. The number of methoxy groups -OCH3 is 4. The zero-order valence-corrected chi connectivity index (χ0v) is 17.7. The molecule has 0 bridgehead atoms. The molecular weight excluding hydrogens is 396 g/mol. The average Bonchev–Trinajstić information content (AvgIpc) is 2.83. The maximum atomic E-state index is 13.6. The molecule has 0 N–H and O–H groups in total. The van der Waals surface area contributed by atoms with Gasteiger partial charge in [0.2, 0.25) is 5.75 Å². The molecule has 0 saturated carbocycles. The first kappa shape index (κ1) is 20.3. The van der Waals surface area contributed by atoms with Gasteiger partial charge in [0, 0.05) is 11.8 Å². The van der Waals surface area contributed by atoms with Crippen molar-refractivity contribution in [1.29, 1.82) is 0 Å². The van der Waals surface area contributed by atoms with E-state index in [1.807, 2.05) is 30.3 Å². The minimum atomic E-state index is -0.203. The van der Waals surface area contributed by atoms with E-state index in [2.05, 4.69) is 0 Å². The van der Waals surface area contributed by atoms with Gasteiger partial charge in [0.1, 0.15) is 11.4 Å². The number of fused-ring (bicyclic) bond motifs is 1. The van der Waals surface area contributed by atoms with Gasteiger partial charge >= 0.3 is 0 Å². The summed E-state index contributed by atoms with van der Waals surface area (Å²) in [6.07, 6.45) is 1.70. The van der Waals surface area contributed by atoms with Gasteiger partial charge in [-0.3, -0.25) is 9.20 Å². The van der Waals surface area contributed by atoms with Gasteiger partial charge in [-0.25, -0.2) is 4.98 Å². The molecule has 4 aromatic rings. The summed E-state index contributed by atoms with van der Waals surface area (Å²) in [7, 11) is 6.22. The van der Waals surface area contributed by atoms with E-state index in [0.717, 1.165) is 11.3 Å². The van der Waals surface area contributed by atoms with Crippen LogP contribution in [-0.2, 0) is 0 Å². The SMILES string of the molecule is COc1ccc(-c2nc3ccccn3c(=O)c2-c2cc(OC)c(OC)c(OC)c2)cc1. The highest BCUT2D eigenvalue weighted by Crippen LogP contribution is 2.42. The number of hydrogen-bond acceptors (Lipinski definition) is 6. The lowest BCUT2D eigenvalue weighted by Gasteiger charge is -2.16. The Kier molecular flexibility index (Phi) is 5.49. The fourth-order valence-corrected chi connectivity index (χ4v) is 3.53. The second kappa shape index (κ2) is 8.39. The first-order valence-corrected chi connectivity index (χ1v) is 9.57. The minimum Gasteiger partial charge on any atom is -0.497 e. The third-order valence-electron chi connectivity index (χ3n) is 5.05. The summed E-state index contributed by atoms with van der Waals surface area (Å²) in [5.41, 5.74) is 2.71. The van der Waals surface area contributed by atoms with Gasteiger partial charge < -0.3 is 18.9 Å². The summed E-state index contributed by atoms with van der Waals surface area (Å²) in [5.74, 6) is 2.08. The summed E-state index contributed by atoms with van der Waals surface area (Å²) in [5, 5.41) is 0. The monoisotopic (exact) mass is 418 g/mol. The molecule has 0 aliphatic rings. The molecule has 4 rings (SSSR count). The van der Waals surface area contributed by atoms with E-state index in [1.54, 1.807) is 37.6 Å². The van der Waals surface area contributed by atoms with Crippen LogP contribution in [0.1, 0.15) is 0 Å². The molecule has 0 spiro atoms. The van der Waals surface area contributed by atoms with Crippen molar-refractivity contribution in [3.05, 3.63) is 71.1 Å². The van der Waals surface area contributed by atoms with E-state index in [4.69, 9.17) is 23.9 Å². The molecule has 0 aliphatic carbocycles. The highest BCUT2D eigenvalue weighted by molar-refractivity contribution is 5.83. The van der Waals surface area contributed by atoms with Gasteiger partial charge in [-0.1, -0.05) is 6.07 Å². The van der Waals surface area contributed by atoms with Crippen molar-refractivity contribution in [3.63, 3.8) is 0 Å². The molecular formula is C24H22N2O5. The molecule has 2 heterocycles. The third kappa shape index (κ3) is 3.54. The van der Waals surface area contributed by atoms with Gasteiger partial charge in [0.15, 0.2) is 11.5 Å². The number of nitrogens with zero attached hydrogens (tertiary/aromatic N) is 2. The highest BCUT2D eigenvalue weighted by Gasteiger charge is 2.21. The Morgan fingerprint density at radius 2 is 1.45 bits per heavy atom. The Balaban J connectivity index is 2.07. The first-order valence-electron chi connectivity index (χ1n) is 9.57. The van der Waals surface area contributed by atoms with E-state index >= 15 is 0 Å². The van der Waals surface area contributed by atoms with Crippen LogP contribution < -0.4 is 24.5 Å². The summed E-state index contributed by atoms with van der Waals surface area (Å²) in [6.45, 7) is 0. The Bertz CT molecular complexity index is 1270. The smallest absolute Gasteiger partial charge is 0.266 e. The lowest BCUT2D eigenvalue weighted by Crippen LogP contribution is -2.18. The van der Waals surface area contributed by atoms with Gasteiger partial charge in [0.25, 0.3) is 5.56 Å². The lowest BCUT2D eigenvalue weighted by atomic mass is 9.99. The number of ether oxygens (including phenoxy) is 4. The third-order valence-corrected chi connectivity index (χ3v) is 5.05. The van der Waals surface area contributed by atoms with E-state index in [9.17, 15) is 4.79 Å². The molecule has 0 atom stereocenters. The van der Waals surface area contributed by atoms with Crippen molar-refractivity contribution < 1.29 is 18.9 Å². The number of rotatable bonds is 6. The first-order chi connectivity index (χ1) is 15.1. The molecule has 0 aliphatic heterocycles. The van der Waals surface area contributed by atoms with Crippen LogP contribution in [0.25, 0.3) is 28.0 Å². The van der Waals surface area contributed by atoms with Crippen LogP contribution in [-0.4, -0.2) is 37.8 Å². The van der Waals surface area contributed by atoms with E-state index in [-0.39, 0.29) is 5.56 Å². The van der Waals surface area contributed by atoms with Crippen molar-refractivity contribution in [2.24, 2.45) is 0 Å². The summed E-state index contributed by atoms with van der Waals surface area (Å²) in [4.78, 5) is 18.4. The summed E-state index contributed by atoms with van der Waals surface area (Å²) < 4.78 is 23.2. The zero-order valence-electron chi connectivity index (χ0n) is 17.7. The molecule has 2 aromatic carbocycles. The lowest BCUT2D eigenvalue weighted by molar-refractivity contribution is 0.324.